The van der Waals surface area contributed by atoms with E-state index in [1.165, 1.54) is 5.32 Å². The molecule has 174 valence electrons. The second-order valence-corrected chi connectivity index (χ2v) is 6.43. The minimum Gasteiger partial charge on any atom is -0.428 e. The summed E-state index contributed by atoms with van der Waals surface area (Å²) in [6.45, 7) is 0. The molecule has 2 N–H and O–H groups in total. The average Bonchev–Trinajstić information content (AvgIpc) is 2.73. The first kappa shape index (κ1) is 21.1. The maximum Gasteiger partial charge on any atom is 0.439 e. The first-order chi connectivity index (χ1) is 15.9. The lowest BCUT2D eigenvalue weighted by Crippen LogP contribution is -2.45. The Balaban J connectivity index is 2.23. The van der Waals surface area contributed by atoms with E-state index in [-0.39, 0.29) is 0 Å². The van der Waals surface area contributed by atoms with Gasteiger partial charge < -0.3 is 10.1 Å². The number of hydrogen-bond donors (Lipinski definition) is 2. The molecule has 0 aliphatic rings. The van der Waals surface area contributed by atoms with E-state index in [0.717, 1.165) is 0 Å². The Morgan fingerprint density at radius 1 is 1.03 bits per heavy atom. The number of amides is 3. The third-order valence-electron chi connectivity index (χ3n) is 3.34. The van der Waals surface area contributed by atoms with Crippen molar-refractivity contribution in [2.75, 3.05) is 5.32 Å². The van der Waals surface area contributed by atoms with Crippen LogP contribution in [0.3, 0.4) is 0 Å². The van der Waals surface area contributed by atoms with Crippen LogP contribution < -0.4 is 15.4 Å². The van der Waals surface area contributed by atoms with Crippen molar-refractivity contribution in [2.45, 2.75) is 18.5 Å². The van der Waals surface area contributed by atoms with E-state index in [1.54, 1.807) is 0 Å². The van der Waals surface area contributed by atoms with Gasteiger partial charge in [-0.25, -0.2) is 18.0 Å². The first-order valence-corrected chi connectivity index (χ1v) is 8.47. The van der Waals surface area contributed by atoms with Gasteiger partial charge in [0.15, 0.2) is 0 Å². The zero-order valence-corrected chi connectivity index (χ0v) is 16.2. The number of benzene rings is 2. The monoisotopic (exact) mass is 513 g/mol. The smallest absolute Gasteiger partial charge is 0.428 e. The highest BCUT2D eigenvalue weighted by molar-refractivity contribution is 6.36. The molecule has 3 amide bonds. The molecule has 2 aromatic rings. The summed E-state index contributed by atoms with van der Waals surface area (Å²) in [5.41, 5.74) is -2.11. The molecule has 2 aromatic carbocycles. The molecule has 0 heterocycles. The SMILES string of the molecule is [2H]c1c([2H])c(F)c(C(=O)NC(=O)Nc2cc(Cl)c(OC(F)(F)C(F)C(F)(F)F)cc2Cl)c(F)c1[2H]. The summed E-state index contributed by atoms with van der Waals surface area (Å²) in [6, 6.07) is -4.39. The number of anilines is 1. The maximum absolute atomic E-state index is 14.0. The number of imide groups is 1. The molecule has 32 heavy (non-hydrogen) atoms. The van der Waals surface area contributed by atoms with Gasteiger partial charge in [0, 0.05) is 6.07 Å². The van der Waals surface area contributed by atoms with Crippen LogP contribution >= 0.6 is 23.2 Å². The molecule has 0 aliphatic carbocycles. The van der Waals surface area contributed by atoms with Gasteiger partial charge in [0.2, 0.25) is 0 Å². The molecule has 0 aliphatic heterocycles. The van der Waals surface area contributed by atoms with Gasteiger partial charge in [0.1, 0.15) is 22.9 Å². The third-order valence-corrected chi connectivity index (χ3v) is 3.94. The summed E-state index contributed by atoms with van der Waals surface area (Å²) >= 11 is 11.3. The predicted octanol–water partition coefficient (Wildman–Crippen LogP) is 6.11. The van der Waals surface area contributed by atoms with E-state index < -0.39 is 87.2 Å². The molecule has 0 saturated carbocycles. The van der Waals surface area contributed by atoms with Gasteiger partial charge in [0.25, 0.3) is 12.1 Å². The number of urea groups is 1. The quantitative estimate of drug-likeness (QED) is 0.474. The van der Waals surface area contributed by atoms with Gasteiger partial charge >= 0.3 is 18.3 Å². The van der Waals surface area contributed by atoms with Crippen molar-refractivity contribution in [3.8, 4) is 5.75 Å². The summed E-state index contributed by atoms with van der Waals surface area (Å²) < 4.78 is 130. The van der Waals surface area contributed by atoms with Crippen LogP contribution in [0.2, 0.25) is 10.0 Å². The predicted molar refractivity (Wildman–Crippen MR) is 95.8 cm³/mol. The highest BCUT2D eigenvalue weighted by Crippen LogP contribution is 2.41. The van der Waals surface area contributed by atoms with Crippen molar-refractivity contribution in [1.29, 1.82) is 0 Å². The number of halogens is 10. The van der Waals surface area contributed by atoms with Gasteiger partial charge in [-0.2, -0.15) is 22.0 Å². The molecule has 0 radical (unpaired) electrons. The molecule has 5 nitrogen and oxygen atoms in total. The summed E-state index contributed by atoms with van der Waals surface area (Å²) in [4.78, 5) is 24.0. The molecule has 2 rings (SSSR count). The van der Waals surface area contributed by atoms with E-state index in [4.69, 9.17) is 27.3 Å². The second kappa shape index (κ2) is 9.36. The Morgan fingerprint density at radius 2 is 1.59 bits per heavy atom. The fourth-order valence-corrected chi connectivity index (χ4v) is 2.38. The van der Waals surface area contributed by atoms with Crippen LogP contribution in [0, 0.1) is 11.6 Å². The minimum atomic E-state index is -5.98. The van der Waals surface area contributed by atoms with Crippen LogP contribution in [0.5, 0.6) is 5.75 Å². The molecule has 1 atom stereocenters. The van der Waals surface area contributed by atoms with Crippen molar-refractivity contribution < 1.29 is 53.6 Å². The van der Waals surface area contributed by atoms with Crippen molar-refractivity contribution in [3.05, 3.63) is 57.5 Å². The van der Waals surface area contributed by atoms with E-state index in [1.807, 2.05) is 5.32 Å². The Labute approximate surface area is 187 Å². The summed E-state index contributed by atoms with van der Waals surface area (Å²) in [5.74, 6) is -6.70. The molecule has 0 fully saturated rings. The molecule has 1 unspecified atom stereocenters. The van der Waals surface area contributed by atoms with Crippen LogP contribution in [-0.2, 0) is 0 Å². The van der Waals surface area contributed by atoms with Crippen LogP contribution in [0.4, 0.5) is 45.6 Å². The Bertz CT molecular complexity index is 1170. The van der Waals surface area contributed by atoms with Crippen LogP contribution in [-0.4, -0.2) is 30.4 Å². The lowest BCUT2D eigenvalue weighted by molar-refractivity contribution is -0.304. The number of carbonyl (C=O) groups excluding carboxylic acids is 2. The highest BCUT2D eigenvalue weighted by Gasteiger charge is 2.59. The summed E-state index contributed by atoms with van der Waals surface area (Å²) in [6.07, 6.45) is -16.1. The lowest BCUT2D eigenvalue weighted by atomic mass is 10.2. The van der Waals surface area contributed by atoms with E-state index in [0.29, 0.717) is 12.1 Å². The minimum absolute atomic E-state index is 0.378. The molecule has 0 saturated heterocycles. The zero-order valence-electron chi connectivity index (χ0n) is 17.7. The van der Waals surface area contributed by atoms with E-state index in [9.17, 15) is 44.7 Å². The van der Waals surface area contributed by atoms with Crippen LogP contribution in [0.15, 0.2) is 30.3 Å². The summed E-state index contributed by atoms with van der Waals surface area (Å²) in [7, 11) is 0. The van der Waals surface area contributed by atoms with Gasteiger partial charge in [-0.1, -0.05) is 29.2 Å². The Hall–Kier alpha value is -2.80. The number of alkyl halides is 6. The number of carbonyl (C=O) groups is 2. The van der Waals surface area contributed by atoms with Crippen molar-refractivity contribution in [3.63, 3.8) is 0 Å². The standard InChI is InChI=1S/C17H8Cl2F8N2O3/c18-6-5-11(32-17(26,27)14(22)16(23,24)25)7(19)4-10(6)28-15(31)29-13(30)12-8(20)2-1-3-9(12)21/h1-5,14H,(H2,28,29,30,31)/i1D,2D,3D. The van der Waals surface area contributed by atoms with Crippen molar-refractivity contribution in [1.82, 2.24) is 5.32 Å². The number of ether oxygens (including phenoxy) is 1. The molecule has 0 bridgehead atoms. The maximum atomic E-state index is 14.0. The fourth-order valence-electron chi connectivity index (χ4n) is 1.97. The summed E-state index contributed by atoms with van der Waals surface area (Å²) in [5, 5.41) is 1.60. The van der Waals surface area contributed by atoms with Crippen LogP contribution in [0.25, 0.3) is 0 Å². The van der Waals surface area contributed by atoms with E-state index in [2.05, 4.69) is 4.74 Å². The van der Waals surface area contributed by atoms with E-state index >= 15 is 0 Å². The van der Waals surface area contributed by atoms with Gasteiger partial charge in [-0.3, -0.25) is 10.1 Å². The second-order valence-electron chi connectivity index (χ2n) is 5.62. The molecule has 0 spiro atoms. The molecule has 0 aromatic heterocycles. The topological polar surface area (TPSA) is 67.4 Å². The zero-order chi connectivity index (χ0) is 27.0. The largest absolute Gasteiger partial charge is 0.439 e. The fraction of sp³-hybridized carbons (Fsp3) is 0.176. The third kappa shape index (κ3) is 5.91. The van der Waals surface area contributed by atoms with Crippen molar-refractivity contribution in [2.24, 2.45) is 0 Å². The Morgan fingerprint density at radius 3 is 2.12 bits per heavy atom. The normalized spacial score (nSPS) is 14.1. The lowest BCUT2D eigenvalue weighted by Gasteiger charge is -2.24. The average molecular weight is 514 g/mol. The van der Waals surface area contributed by atoms with Gasteiger partial charge in [-0.15, -0.1) is 0 Å². The van der Waals surface area contributed by atoms with Gasteiger partial charge in [-0.05, 0) is 18.2 Å². The highest BCUT2D eigenvalue weighted by atomic mass is 35.5. The molecule has 15 heteroatoms. The number of rotatable bonds is 5. The number of hydrogen-bond acceptors (Lipinski definition) is 3. The number of nitrogens with one attached hydrogen (secondary N) is 2. The molecular formula is C17H8Cl2F8N2O3. The molecular weight excluding hydrogens is 503 g/mol. The van der Waals surface area contributed by atoms with Gasteiger partial charge in [0.05, 0.1) is 19.8 Å². The first-order valence-electron chi connectivity index (χ1n) is 9.22. The Kier molecular flexibility index (Phi) is 6.17. The van der Waals surface area contributed by atoms with Crippen LogP contribution in [0.1, 0.15) is 14.5 Å². The van der Waals surface area contributed by atoms with Crippen molar-refractivity contribution >= 4 is 40.8 Å².